The average Bonchev–Trinajstić information content (AvgIpc) is 3.55. The number of carbonyl (C=O) groups is 3. The van der Waals surface area contributed by atoms with Gasteiger partial charge in [-0.15, -0.1) is 0 Å². The summed E-state index contributed by atoms with van der Waals surface area (Å²) in [6, 6.07) is 21.7. The Morgan fingerprint density at radius 3 is 2.22 bits per heavy atom. The van der Waals surface area contributed by atoms with Crippen LogP contribution in [0.25, 0.3) is 0 Å². The first kappa shape index (κ1) is 21.4. The maximum atomic E-state index is 13.5. The van der Waals surface area contributed by atoms with Crippen LogP contribution in [-0.4, -0.2) is 34.2 Å². The fourth-order valence-electron chi connectivity index (χ4n) is 4.01. The fourth-order valence-corrected chi connectivity index (χ4v) is 4.01. The van der Waals surface area contributed by atoms with Crippen molar-refractivity contribution >= 4 is 17.6 Å². The Labute approximate surface area is 187 Å². The van der Waals surface area contributed by atoms with Gasteiger partial charge in [-0.1, -0.05) is 60.7 Å². The normalized spacial score (nSPS) is 20.1. The molecule has 2 aromatic carbocycles. The van der Waals surface area contributed by atoms with Gasteiger partial charge in [0.15, 0.2) is 5.78 Å². The van der Waals surface area contributed by atoms with Crippen molar-refractivity contribution in [3.05, 3.63) is 102 Å². The Morgan fingerprint density at radius 2 is 1.59 bits per heavy atom. The lowest BCUT2D eigenvalue weighted by Gasteiger charge is -2.23. The van der Waals surface area contributed by atoms with E-state index in [1.165, 1.54) is 19.3 Å². The molecule has 3 aromatic rings. The molecule has 1 heterocycles. The van der Waals surface area contributed by atoms with Crippen molar-refractivity contribution in [3.63, 3.8) is 0 Å². The van der Waals surface area contributed by atoms with Crippen LogP contribution < -0.4 is 10.6 Å². The van der Waals surface area contributed by atoms with Crippen molar-refractivity contribution in [3.8, 4) is 0 Å². The van der Waals surface area contributed by atoms with Gasteiger partial charge in [-0.05, 0) is 43.0 Å². The van der Waals surface area contributed by atoms with Crippen molar-refractivity contribution in [2.45, 2.75) is 37.3 Å². The van der Waals surface area contributed by atoms with Gasteiger partial charge in [0, 0.05) is 23.9 Å². The number of amides is 2. The van der Waals surface area contributed by atoms with Gasteiger partial charge in [-0.25, -0.2) is 0 Å². The predicted molar refractivity (Wildman–Crippen MR) is 121 cm³/mol. The number of hydrogen-bond donors (Lipinski definition) is 2. The molecule has 1 saturated carbocycles. The van der Waals surface area contributed by atoms with E-state index in [0.717, 1.165) is 11.1 Å². The molecule has 0 saturated heterocycles. The van der Waals surface area contributed by atoms with Gasteiger partial charge in [-0.2, -0.15) is 0 Å². The SMILES string of the molecule is CC(=O)[C@H](Cc1ccccc1)NC(=O)C1(NC(=O)c2ccncc2)C[C@@H]1c1ccccc1. The quantitative estimate of drug-likeness (QED) is 0.578. The first-order chi connectivity index (χ1) is 15.5. The Hall–Kier alpha value is -3.80. The van der Waals surface area contributed by atoms with Crippen molar-refractivity contribution in [2.75, 3.05) is 0 Å². The van der Waals surface area contributed by atoms with Gasteiger partial charge in [0.05, 0.1) is 6.04 Å². The molecule has 1 unspecified atom stereocenters. The highest BCUT2D eigenvalue weighted by Crippen LogP contribution is 2.51. The fraction of sp³-hybridized carbons (Fsp3) is 0.231. The summed E-state index contributed by atoms with van der Waals surface area (Å²) in [5.41, 5.74) is 1.25. The maximum absolute atomic E-state index is 13.5. The van der Waals surface area contributed by atoms with Gasteiger partial charge >= 0.3 is 0 Å². The molecule has 32 heavy (non-hydrogen) atoms. The molecule has 0 bridgehead atoms. The molecule has 2 N–H and O–H groups in total. The van der Waals surface area contributed by atoms with Crippen molar-refractivity contribution in [1.82, 2.24) is 15.6 Å². The van der Waals surface area contributed by atoms with E-state index < -0.39 is 11.6 Å². The molecule has 2 amide bonds. The second kappa shape index (κ2) is 9.14. The van der Waals surface area contributed by atoms with Crippen molar-refractivity contribution in [2.24, 2.45) is 0 Å². The average molecular weight is 428 g/mol. The summed E-state index contributed by atoms with van der Waals surface area (Å²) < 4.78 is 0. The number of nitrogens with zero attached hydrogens (tertiary/aromatic N) is 1. The molecule has 6 heteroatoms. The summed E-state index contributed by atoms with van der Waals surface area (Å²) in [4.78, 5) is 42.7. The number of carbonyl (C=O) groups excluding carboxylic acids is 3. The first-order valence-electron chi connectivity index (χ1n) is 10.6. The van der Waals surface area contributed by atoms with Gasteiger partial charge in [0.1, 0.15) is 5.54 Å². The molecule has 0 aliphatic heterocycles. The minimum absolute atomic E-state index is 0.130. The smallest absolute Gasteiger partial charge is 0.252 e. The largest absolute Gasteiger partial charge is 0.344 e. The minimum atomic E-state index is -1.11. The van der Waals surface area contributed by atoms with Crippen LogP contribution in [0.5, 0.6) is 0 Å². The standard InChI is InChI=1S/C26H25N3O3/c1-18(30)23(16-19-8-4-2-5-9-19)28-25(32)26(17-22(26)20-10-6-3-7-11-20)29-24(31)21-12-14-27-15-13-21/h2-15,22-23H,16-17H2,1H3,(H,28,32)(H,29,31)/t22-,23+,26?/m1/s1. The molecule has 1 fully saturated rings. The minimum Gasteiger partial charge on any atom is -0.344 e. The number of Topliss-reactive ketones (excluding diaryl/α,β-unsaturated/α-hetero) is 1. The molecule has 1 aliphatic rings. The number of aromatic nitrogens is 1. The lowest BCUT2D eigenvalue weighted by Crippen LogP contribution is -2.54. The van der Waals surface area contributed by atoms with E-state index in [9.17, 15) is 14.4 Å². The summed E-state index contributed by atoms with van der Waals surface area (Å²) >= 11 is 0. The molecule has 1 aromatic heterocycles. The number of nitrogens with one attached hydrogen (secondary N) is 2. The highest BCUT2D eigenvalue weighted by atomic mass is 16.2. The number of pyridine rings is 1. The monoisotopic (exact) mass is 427 g/mol. The van der Waals surface area contributed by atoms with Crippen LogP contribution in [-0.2, 0) is 16.0 Å². The molecule has 0 spiro atoms. The van der Waals surface area contributed by atoms with Crippen LogP contribution in [0.3, 0.4) is 0 Å². The predicted octanol–water partition coefficient (Wildman–Crippen LogP) is 3.05. The summed E-state index contributed by atoms with van der Waals surface area (Å²) in [6.45, 7) is 1.47. The first-order valence-corrected chi connectivity index (χ1v) is 10.6. The van der Waals surface area contributed by atoms with E-state index >= 15 is 0 Å². The molecule has 4 rings (SSSR count). The number of hydrogen-bond acceptors (Lipinski definition) is 4. The summed E-state index contributed by atoms with van der Waals surface area (Å²) in [7, 11) is 0. The molecule has 162 valence electrons. The van der Waals surface area contributed by atoms with Crippen molar-refractivity contribution < 1.29 is 14.4 Å². The molecule has 1 aliphatic carbocycles. The second-order valence-electron chi connectivity index (χ2n) is 8.16. The molecule has 6 nitrogen and oxygen atoms in total. The third kappa shape index (κ3) is 4.59. The highest BCUT2D eigenvalue weighted by molar-refractivity contribution is 6.02. The van der Waals surface area contributed by atoms with Gasteiger partial charge in [-0.3, -0.25) is 19.4 Å². The Bertz CT molecular complexity index is 1100. The zero-order chi connectivity index (χ0) is 22.6. The maximum Gasteiger partial charge on any atom is 0.252 e. The summed E-state index contributed by atoms with van der Waals surface area (Å²) in [6.07, 6.45) is 3.94. The molecular weight excluding hydrogens is 402 g/mol. The Morgan fingerprint density at radius 1 is 0.969 bits per heavy atom. The molecular formula is C26H25N3O3. The lowest BCUT2D eigenvalue weighted by atomic mass is 10.0. The van der Waals surface area contributed by atoms with Crippen LogP contribution >= 0.6 is 0 Å². The van der Waals surface area contributed by atoms with E-state index in [1.54, 1.807) is 12.1 Å². The van der Waals surface area contributed by atoms with Crippen LogP contribution in [0.2, 0.25) is 0 Å². The summed E-state index contributed by atoms with van der Waals surface area (Å²) in [5, 5.41) is 5.86. The summed E-state index contributed by atoms with van der Waals surface area (Å²) in [5.74, 6) is -0.984. The second-order valence-corrected chi connectivity index (χ2v) is 8.16. The lowest BCUT2D eigenvalue weighted by molar-refractivity contribution is -0.128. The topological polar surface area (TPSA) is 88.2 Å². The zero-order valence-corrected chi connectivity index (χ0v) is 17.8. The van der Waals surface area contributed by atoms with Crippen molar-refractivity contribution in [1.29, 1.82) is 0 Å². The van der Waals surface area contributed by atoms with E-state index in [2.05, 4.69) is 15.6 Å². The number of ketones is 1. The number of benzene rings is 2. The van der Waals surface area contributed by atoms with Crippen LogP contribution in [0.4, 0.5) is 0 Å². The molecule has 0 radical (unpaired) electrons. The Kier molecular flexibility index (Phi) is 6.12. The Balaban J connectivity index is 1.57. The molecule has 3 atom stereocenters. The van der Waals surface area contributed by atoms with Gasteiger partial charge in [0.25, 0.3) is 5.91 Å². The van der Waals surface area contributed by atoms with E-state index in [-0.39, 0.29) is 23.5 Å². The zero-order valence-electron chi connectivity index (χ0n) is 17.8. The van der Waals surface area contributed by atoms with Gasteiger partial charge < -0.3 is 10.6 Å². The highest BCUT2D eigenvalue weighted by Gasteiger charge is 2.62. The van der Waals surface area contributed by atoms with E-state index in [0.29, 0.717) is 18.4 Å². The number of rotatable bonds is 8. The van der Waals surface area contributed by atoms with Gasteiger partial charge in [0.2, 0.25) is 5.91 Å². The third-order valence-electron chi connectivity index (χ3n) is 5.93. The van der Waals surface area contributed by atoms with Crippen LogP contribution in [0.1, 0.15) is 40.7 Å². The van der Waals surface area contributed by atoms with Crippen LogP contribution in [0, 0.1) is 0 Å². The van der Waals surface area contributed by atoms with E-state index in [1.807, 2.05) is 60.7 Å². The third-order valence-corrected chi connectivity index (χ3v) is 5.93. The van der Waals surface area contributed by atoms with Crippen LogP contribution in [0.15, 0.2) is 85.2 Å². The van der Waals surface area contributed by atoms with E-state index in [4.69, 9.17) is 0 Å².